The van der Waals surface area contributed by atoms with Crippen LogP contribution >= 0.6 is 11.3 Å². The highest BCUT2D eigenvalue weighted by atomic mass is 32.1. The standard InChI is InChI=1S/C36H53NO3S/c1-6-7-8-11-28-23-37-33(41-28)36(19-20-36)32(40)16-18-34(3,4)31-15-14-29-25(10-9-17-35(29,31)5)12-13-26-21-27(38)22-30(39)24(26)2/h12-13,16,18,23,27,29-32,38-40H,2,6-11,14-15,17,19-22H2,1,3-5H3/t27?,29-,30-,31+,32+,35-/m0/s1. The van der Waals surface area contributed by atoms with Crippen LogP contribution < -0.4 is 0 Å². The number of aromatic nitrogens is 1. The van der Waals surface area contributed by atoms with Crippen LogP contribution in [0.15, 0.2) is 53.8 Å². The van der Waals surface area contributed by atoms with Crippen LogP contribution in [0.4, 0.5) is 0 Å². The predicted molar refractivity (Wildman–Crippen MR) is 170 cm³/mol. The predicted octanol–water partition coefficient (Wildman–Crippen LogP) is 7.99. The Labute approximate surface area is 252 Å². The first kappa shape index (κ1) is 30.9. The lowest BCUT2D eigenvalue weighted by molar-refractivity contribution is 0.0706. The molecule has 5 heteroatoms. The number of allylic oxidation sites excluding steroid dienone is 4. The maximum atomic E-state index is 11.4. The Morgan fingerprint density at radius 1 is 1.17 bits per heavy atom. The quantitative estimate of drug-likeness (QED) is 0.194. The van der Waals surface area contributed by atoms with Gasteiger partial charge in [-0.05, 0) is 98.0 Å². The molecule has 1 aromatic rings. The summed E-state index contributed by atoms with van der Waals surface area (Å²) in [5.41, 5.74) is 3.31. The van der Waals surface area contributed by atoms with Crippen molar-refractivity contribution in [3.63, 3.8) is 0 Å². The van der Waals surface area contributed by atoms with Crippen molar-refractivity contribution in [3.8, 4) is 0 Å². The fourth-order valence-corrected chi connectivity index (χ4v) is 9.77. The van der Waals surface area contributed by atoms with Crippen molar-refractivity contribution in [3.05, 3.63) is 63.7 Å². The molecule has 1 heterocycles. The van der Waals surface area contributed by atoms with Gasteiger partial charge in [0.15, 0.2) is 0 Å². The molecule has 0 spiro atoms. The van der Waals surface area contributed by atoms with Gasteiger partial charge in [-0.1, -0.05) is 77.0 Å². The number of fused-ring (bicyclic) bond motifs is 1. The van der Waals surface area contributed by atoms with E-state index in [0.29, 0.717) is 24.7 Å². The molecule has 5 rings (SSSR count). The SMILES string of the molecule is C=C1C(=CC=C2CCC[C@]3(C)[C@@H](C(C)(C)C=C[C@@H](O)C4(c5ncc(CCCCC)s5)CC4)CC[C@@H]23)CC(O)C[C@@H]1O. The molecule has 41 heavy (non-hydrogen) atoms. The van der Waals surface area contributed by atoms with Crippen LogP contribution in [0.1, 0.15) is 115 Å². The summed E-state index contributed by atoms with van der Waals surface area (Å²) in [5.74, 6) is 1.10. The van der Waals surface area contributed by atoms with E-state index < -0.39 is 18.3 Å². The van der Waals surface area contributed by atoms with E-state index in [1.54, 1.807) is 0 Å². The minimum Gasteiger partial charge on any atom is -0.393 e. The summed E-state index contributed by atoms with van der Waals surface area (Å²) in [6, 6.07) is 0. The van der Waals surface area contributed by atoms with Crippen LogP contribution in [0, 0.1) is 22.7 Å². The number of hydrogen-bond donors (Lipinski definition) is 3. The molecule has 0 radical (unpaired) electrons. The van der Waals surface area contributed by atoms with E-state index >= 15 is 0 Å². The molecule has 1 unspecified atom stereocenters. The van der Waals surface area contributed by atoms with Gasteiger partial charge >= 0.3 is 0 Å². The summed E-state index contributed by atoms with van der Waals surface area (Å²) >= 11 is 1.82. The van der Waals surface area contributed by atoms with Gasteiger partial charge in [-0.25, -0.2) is 4.98 Å². The lowest BCUT2D eigenvalue weighted by Gasteiger charge is -2.47. The molecule has 4 aliphatic carbocycles. The van der Waals surface area contributed by atoms with Crippen molar-refractivity contribution in [2.75, 3.05) is 0 Å². The van der Waals surface area contributed by atoms with Gasteiger partial charge in [-0.3, -0.25) is 0 Å². The molecule has 3 N–H and O–H groups in total. The summed E-state index contributed by atoms with van der Waals surface area (Å²) in [6.07, 6.45) is 23.1. The van der Waals surface area contributed by atoms with Gasteiger partial charge in [0.1, 0.15) is 5.01 Å². The molecule has 4 fully saturated rings. The van der Waals surface area contributed by atoms with Gasteiger partial charge in [0.05, 0.1) is 23.7 Å². The summed E-state index contributed by atoms with van der Waals surface area (Å²) in [5, 5.41) is 33.0. The fraction of sp³-hybridized carbons (Fsp3) is 0.694. The lowest BCUT2D eigenvalue weighted by Crippen LogP contribution is -2.39. The maximum Gasteiger partial charge on any atom is 0.102 e. The number of rotatable bonds is 10. The van der Waals surface area contributed by atoms with Crippen LogP contribution in [-0.2, 0) is 11.8 Å². The monoisotopic (exact) mass is 579 g/mol. The molecule has 1 aromatic heterocycles. The Bertz CT molecular complexity index is 1190. The summed E-state index contributed by atoms with van der Waals surface area (Å²) in [7, 11) is 0. The number of aliphatic hydroxyl groups excluding tert-OH is 3. The second-order valence-corrected chi connectivity index (χ2v) is 15.6. The van der Waals surface area contributed by atoms with Crippen molar-refractivity contribution in [1.82, 2.24) is 4.98 Å². The van der Waals surface area contributed by atoms with Crippen molar-refractivity contribution in [2.45, 2.75) is 135 Å². The highest BCUT2D eigenvalue weighted by Gasteiger charge is 2.54. The van der Waals surface area contributed by atoms with Gasteiger partial charge in [0, 0.05) is 17.5 Å². The van der Waals surface area contributed by atoms with E-state index in [1.807, 2.05) is 17.5 Å². The number of aryl methyl sites for hydroxylation is 1. The van der Waals surface area contributed by atoms with E-state index in [-0.39, 0.29) is 16.2 Å². The zero-order valence-corrected chi connectivity index (χ0v) is 26.7. The van der Waals surface area contributed by atoms with E-state index in [2.05, 4.69) is 58.6 Å². The summed E-state index contributed by atoms with van der Waals surface area (Å²) in [6.45, 7) is 13.6. The van der Waals surface area contributed by atoms with Gasteiger partial charge in [-0.2, -0.15) is 0 Å². The topological polar surface area (TPSA) is 73.6 Å². The molecule has 0 bridgehead atoms. The molecule has 0 aliphatic heterocycles. The molecule has 0 aromatic carbocycles. The molecular formula is C36H53NO3S. The van der Waals surface area contributed by atoms with Crippen molar-refractivity contribution in [1.29, 1.82) is 0 Å². The van der Waals surface area contributed by atoms with Crippen LogP contribution in [0.25, 0.3) is 0 Å². The number of aliphatic hydroxyl groups is 3. The largest absolute Gasteiger partial charge is 0.393 e. The van der Waals surface area contributed by atoms with E-state index in [4.69, 9.17) is 4.98 Å². The Balaban J connectivity index is 1.28. The number of nitrogens with zero attached hydrogens (tertiary/aromatic N) is 1. The second-order valence-electron chi connectivity index (χ2n) is 14.5. The van der Waals surface area contributed by atoms with Gasteiger partial charge < -0.3 is 15.3 Å². The molecular weight excluding hydrogens is 526 g/mol. The summed E-state index contributed by atoms with van der Waals surface area (Å²) < 4.78 is 0. The van der Waals surface area contributed by atoms with Gasteiger partial charge in [-0.15, -0.1) is 11.3 Å². The fourth-order valence-electron chi connectivity index (χ4n) is 8.54. The number of hydrogen-bond acceptors (Lipinski definition) is 5. The molecule has 4 nitrogen and oxygen atoms in total. The van der Waals surface area contributed by atoms with Crippen LogP contribution in [0.2, 0.25) is 0 Å². The van der Waals surface area contributed by atoms with E-state index in [1.165, 1.54) is 55.4 Å². The first-order chi connectivity index (χ1) is 19.5. The smallest absolute Gasteiger partial charge is 0.102 e. The first-order valence-electron chi connectivity index (χ1n) is 16.3. The molecule has 226 valence electrons. The zero-order valence-electron chi connectivity index (χ0n) is 25.9. The lowest BCUT2D eigenvalue weighted by atomic mass is 9.57. The third-order valence-electron chi connectivity index (χ3n) is 11.2. The Kier molecular flexibility index (Phi) is 9.22. The van der Waals surface area contributed by atoms with Crippen LogP contribution in [-0.4, -0.2) is 38.6 Å². The normalized spacial score (nSPS) is 34.5. The highest BCUT2D eigenvalue weighted by molar-refractivity contribution is 7.11. The third-order valence-corrected chi connectivity index (χ3v) is 12.5. The third kappa shape index (κ3) is 6.25. The Morgan fingerprint density at radius 3 is 2.68 bits per heavy atom. The van der Waals surface area contributed by atoms with Crippen LogP contribution in [0.3, 0.4) is 0 Å². The zero-order chi connectivity index (χ0) is 29.4. The molecule has 0 saturated heterocycles. The molecule has 6 atom stereocenters. The average molecular weight is 580 g/mol. The van der Waals surface area contributed by atoms with Crippen LogP contribution in [0.5, 0.6) is 0 Å². The van der Waals surface area contributed by atoms with E-state index in [9.17, 15) is 15.3 Å². The first-order valence-corrected chi connectivity index (χ1v) is 17.1. The second kappa shape index (κ2) is 12.2. The van der Waals surface area contributed by atoms with Crippen molar-refractivity contribution in [2.24, 2.45) is 22.7 Å². The van der Waals surface area contributed by atoms with Gasteiger partial charge in [0.2, 0.25) is 0 Å². The summed E-state index contributed by atoms with van der Waals surface area (Å²) in [4.78, 5) is 6.15. The molecule has 0 amide bonds. The van der Waals surface area contributed by atoms with E-state index in [0.717, 1.165) is 41.8 Å². The highest BCUT2D eigenvalue weighted by Crippen LogP contribution is 2.62. The molecule has 4 aliphatic rings. The minimum atomic E-state index is -0.642. The Morgan fingerprint density at radius 2 is 1.95 bits per heavy atom. The van der Waals surface area contributed by atoms with Crippen molar-refractivity contribution >= 4 is 11.3 Å². The minimum absolute atomic E-state index is 0.0124. The number of unbranched alkanes of at least 4 members (excludes halogenated alkanes) is 2. The molecule has 4 saturated carbocycles. The average Bonchev–Trinajstić information content (AvgIpc) is 3.45. The maximum absolute atomic E-state index is 11.4. The Hall–Kier alpha value is -1.53. The van der Waals surface area contributed by atoms with Gasteiger partial charge in [0.25, 0.3) is 0 Å². The van der Waals surface area contributed by atoms with Crippen molar-refractivity contribution < 1.29 is 15.3 Å². The number of thiazole rings is 1.